The summed E-state index contributed by atoms with van der Waals surface area (Å²) in [5.41, 5.74) is 4.12. The molecule has 3 heteroatoms. The molecule has 0 aliphatic heterocycles. The average molecular weight is 360 g/mol. The minimum absolute atomic E-state index is 0.344. The summed E-state index contributed by atoms with van der Waals surface area (Å²) in [4.78, 5) is 0. The highest BCUT2D eigenvalue weighted by Crippen LogP contribution is 2.30. The van der Waals surface area contributed by atoms with Gasteiger partial charge in [0.25, 0.3) is 0 Å². The van der Waals surface area contributed by atoms with Crippen LogP contribution < -0.4 is 5.32 Å². The molecule has 1 aromatic heterocycles. The lowest BCUT2D eigenvalue weighted by Gasteiger charge is -2.19. The van der Waals surface area contributed by atoms with E-state index in [9.17, 15) is 0 Å². The molecule has 1 nitrogen and oxygen atoms in total. The van der Waals surface area contributed by atoms with Crippen LogP contribution in [0.4, 0.5) is 0 Å². The highest BCUT2D eigenvalue weighted by atomic mass is 79.9. The average Bonchev–Trinajstić information content (AvgIpc) is 2.89. The van der Waals surface area contributed by atoms with E-state index in [1.165, 1.54) is 26.8 Å². The standard InChI is InChI=1S/C18H18BrNS/c1-12-9-14(19)7-8-15(12)17(20-2)10-13-11-21-18-6-4-3-5-16(13)18/h3-9,11,17,20H,10H2,1-2H3. The van der Waals surface area contributed by atoms with E-state index in [2.05, 4.69) is 76.0 Å². The second kappa shape index (κ2) is 6.30. The van der Waals surface area contributed by atoms with E-state index in [0.717, 1.165) is 10.9 Å². The Morgan fingerprint density at radius 1 is 1.19 bits per heavy atom. The Kier molecular flexibility index (Phi) is 4.43. The van der Waals surface area contributed by atoms with Gasteiger partial charge in [-0.05, 0) is 66.0 Å². The predicted molar refractivity (Wildman–Crippen MR) is 96.2 cm³/mol. The van der Waals surface area contributed by atoms with Crippen LogP contribution in [0.1, 0.15) is 22.7 Å². The van der Waals surface area contributed by atoms with E-state index >= 15 is 0 Å². The summed E-state index contributed by atoms with van der Waals surface area (Å²) in [6.45, 7) is 2.18. The van der Waals surface area contributed by atoms with Crippen molar-refractivity contribution in [1.82, 2.24) is 5.32 Å². The van der Waals surface area contributed by atoms with Gasteiger partial charge >= 0.3 is 0 Å². The molecule has 1 heterocycles. The summed E-state index contributed by atoms with van der Waals surface area (Å²) in [6.07, 6.45) is 1.02. The highest BCUT2D eigenvalue weighted by Gasteiger charge is 2.15. The number of likely N-dealkylation sites (N-methyl/N-ethyl adjacent to an activating group) is 1. The van der Waals surface area contributed by atoms with Crippen LogP contribution in [0.2, 0.25) is 0 Å². The summed E-state index contributed by atoms with van der Waals surface area (Å²) in [7, 11) is 2.04. The van der Waals surface area contributed by atoms with Crippen LogP contribution in [0.15, 0.2) is 52.3 Å². The van der Waals surface area contributed by atoms with Gasteiger partial charge in [0.05, 0.1) is 0 Å². The van der Waals surface area contributed by atoms with Crippen molar-refractivity contribution in [2.75, 3.05) is 7.05 Å². The summed E-state index contributed by atoms with van der Waals surface area (Å²) in [6, 6.07) is 15.5. The van der Waals surface area contributed by atoms with Gasteiger partial charge < -0.3 is 5.32 Å². The van der Waals surface area contributed by atoms with Gasteiger partial charge in [0, 0.05) is 15.2 Å². The minimum Gasteiger partial charge on any atom is -0.313 e. The second-order valence-corrected chi connectivity index (χ2v) is 7.13. The molecule has 0 radical (unpaired) electrons. The fraction of sp³-hybridized carbons (Fsp3) is 0.222. The van der Waals surface area contributed by atoms with Gasteiger partial charge in [-0.25, -0.2) is 0 Å². The van der Waals surface area contributed by atoms with Crippen molar-refractivity contribution in [3.8, 4) is 0 Å². The van der Waals surface area contributed by atoms with Gasteiger partial charge in [-0.15, -0.1) is 11.3 Å². The first kappa shape index (κ1) is 14.8. The zero-order chi connectivity index (χ0) is 14.8. The van der Waals surface area contributed by atoms with E-state index < -0.39 is 0 Å². The normalized spacial score (nSPS) is 12.7. The molecule has 0 amide bonds. The maximum Gasteiger partial charge on any atom is 0.0361 e. The van der Waals surface area contributed by atoms with E-state index in [1.54, 1.807) is 0 Å². The number of hydrogen-bond donors (Lipinski definition) is 1. The fourth-order valence-corrected chi connectivity index (χ4v) is 4.26. The maximum atomic E-state index is 3.54. The summed E-state index contributed by atoms with van der Waals surface area (Å²) in [5.74, 6) is 0. The number of fused-ring (bicyclic) bond motifs is 1. The number of hydrogen-bond acceptors (Lipinski definition) is 2. The quantitative estimate of drug-likeness (QED) is 0.650. The Morgan fingerprint density at radius 3 is 2.76 bits per heavy atom. The summed E-state index contributed by atoms with van der Waals surface area (Å²) >= 11 is 5.37. The third-order valence-electron chi connectivity index (χ3n) is 3.94. The molecule has 0 saturated carbocycles. The molecule has 0 saturated heterocycles. The molecule has 108 valence electrons. The van der Waals surface area contributed by atoms with Crippen LogP contribution in [-0.4, -0.2) is 7.05 Å². The SMILES string of the molecule is CNC(Cc1csc2ccccc12)c1ccc(Br)cc1C. The molecule has 1 unspecified atom stereocenters. The first-order valence-corrected chi connectivity index (χ1v) is 8.74. The lowest BCUT2D eigenvalue weighted by atomic mass is 9.95. The molecule has 1 atom stereocenters. The molecule has 0 aliphatic carbocycles. The third-order valence-corrected chi connectivity index (χ3v) is 5.45. The Bertz CT molecular complexity index is 763. The van der Waals surface area contributed by atoms with E-state index in [4.69, 9.17) is 0 Å². The monoisotopic (exact) mass is 359 g/mol. The van der Waals surface area contributed by atoms with Crippen LogP contribution in [-0.2, 0) is 6.42 Å². The van der Waals surface area contributed by atoms with Crippen LogP contribution in [0.5, 0.6) is 0 Å². The molecular weight excluding hydrogens is 342 g/mol. The van der Waals surface area contributed by atoms with Crippen molar-refractivity contribution in [3.05, 3.63) is 69.0 Å². The first-order valence-electron chi connectivity index (χ1n) is 7.07. The lowest BCUT2D eigenvalue weighted by molar-refractivity contribution is 0.591. The molecule has 3 rings (SSSR count). The zero-order valence-electron chi connectivity index (χ0n) is 12.2. The van der Waals surface area contributed by atoms with Gasteiger partial charge in [-0.3, -0.25) is 0 Å². The van der Waals surface area contributed by atoms with E-state index in [-0.39, 0.29) is 0 Å². The number of nitrogens with one attached hydrogen (secondary N) is 1. The van der Waals surface area contributed by atoms with Crippen molar-refractivity contribution < 1.29 is 0 Å². The predicted octanol–water partition coefficient (Wildman–Crippen LogP) is 5.48. The number of aryl methyl sites for hydroxylation is 1. The van der Waals surface area contributed by atoms with Gasteiger partial charge in [0.1, 0.15) is 0 Å². The fourth-order valence-electron chi connectivity index (χ4n) is 2.81. The molecule has 1 N–H and O–H groups in total. The van der Waals surface area contributed by atoms with Crippen molar-refractivity contribution in [3.63, 3.8) is 0 Å². The van der Waals surface area contributed by atoms with E-state index in [1.807, 2.05) is 18.4 Å². The van der Waals surface area contributed by atoms with Crippen molar-refractivity contribution in [2.45, 2.75) is 19.4 Å². The molecule has 0 spiro atoms. The molecule has 0 fully saturated rings. The van der Waals surface area contributed by atoms with Gasteiger partial charge in [-0.1, -0.05) is 40.2 Å². The smallest absolute Gasteiger partial charge is 0.0361 e. The van der Waals surface area contributed by atoms with Crippen LogP contribution in [0, 0.1) is 6.92 Å². The minimum atomic E-state index is 0.344. The zero-order valence-corrected chi connectivity index (χ0v) is 14.6. The Hall–Kier alpha value is -1.16. The molecule has 3 aromatic rings. The first-order chi connectivity index (χ1) is 10.2. The van der Waals surface area contributed by atoms with Crippen LogP contribution >= 0.6 is 27.3 Å². The lowest BCUT2D eigenvalue weighted by Crippen LogP contribution is -2.19. The van der Waals surface area contributed by atoms with Gasteiger partial charge in [0.2, 0.25) is 0 Å². The van der Waals surface area contributed by atoms with Crippen molar-refractivity contribution in [1.29, 1.82) is 0 Å². The largest absolute Gasteiger partial charge is 0.313 e. The topological polar surface area (TPSA) is 12.0 Å². The number of benzene rings is 2. The molecule has 2 aromatic carbocycles. The summed E-state index contributed by atoms with van der Waals surface area (Å²) in [5, 5.41) is 7.15. The molecular formula is C18H18BrNS. The Labute approximate surface area is 138 Å². The Morgan fingerprint density at radius 2 is 2.00 bits per heavy atom. The van der Waals surface area contributed by atoms with E-state index in [0.29, 0.717) is 6.04 Å². The number of rotatable bonds is 4. The third kappa shape index (κ3) is 3.05. The highest BCUT2D eigenvalue weighted by molar-refractivity contribution is 9.10. The number of halogens is 1. The molecule has 21 heavy (non-hydrogen) atoms. The Balaban J connectivity index is 1.94. The molecule has 0 aliphatic rings. The van der Waals surface area contributed by atoms with Crippen molar-refractivity contribution in [2.24, 2.45) is 0 Å². The maximum absolute atomic E-state index is 3.54. The van der Waals surface area contributed by atoms with Gasteiger partial charge in [-0.2, -0.15) is 0 Å². The van der Waals surface area contributed by atoms with Crippen LogP contribution in [0.3, 0.4) is 0 Å². The second-order valence-electron chi connectivity index (χ2n) is 5.30. The van der Waals surface area contributed by atoms with Crippen molar-refractivity contribution >= 4 is 37.4 Å². The van der Waals surface area contributed by atoms with Crippen LogP contribution in [0.25, 0.3) is 10.1 Å². The number of thiophene rings is 1. The summed E-state index contributed by atoms with van der Waals surface area (Å²) < 4.78 is 2.51. The van der Waals surface area contributed by atoms with Gasteiger partial charge in [0.15, 0.2) is 0 Å². The molecule has 0 bridgehead atoms.